The first-order chi connectivity index (χ1) is 14.3. The predicted molar refractivity (Wildman–Crippen MR) is 106 cm³/mol. The first-order valence-electron chi connectivity index (χ1n) is 9.72. The Kier molecular flexibility index (Phi) is 6.45. The summed E-state index contributed by atoms with van der Waals surface area (Å²) in [6, 6.07) is 12.2. The number of hydrogen-bond acceptors (Lipinski definition) is 3. The highest BCUT2D eigenvalue weighted by molar-refractivity contribution is 5.99. The summed E-state index contributed by atoms with van der Waals surface area (Å²) in [4.78, 5) is 25.7. The van der Waals surface area contributed by atoms with Crippen LogP contribution in [0.3, 0.4) is 0 Å². The van der Waals surface area contributed by atoms with Crippen LogP contribution in [-0.4, -0.2) is 29.6 Å². The number of nitrogens with one attached hydrogen (secondary N) is 2. The van der Waals surface area contributed by atoms with E-state index in [4.69, 9.17) is 0 Å². The first-order valence-corrected chi connectivity index (χ1v) is 9.72. The maximum absolute atomic E-state index is 13.1. The van der Waals surface area contributed by atoms with E-state index in [9.17, 15) is 27.9 Å². The Labute approximate surface area is 172 Å². The molecule has 2 aromatic carbocycles. The number of alkyl halides is 3. The van der Waals surface area contributed by atoms with Gasteiger partial charge in [-0.3, -0.25) is 9.59 Å². The van der Waals surface area contributed by atoms with Gasteiger partial charge in [-0.25, -0.2) is 0 Å². The minimum Gasteiger partial charge on any atom is -0.394 e. The maximum atomic E-state index is 13.1. The Morgan fingerprint density at radius 2 is 1.70 bits per heavy atom. The van der Waals surface area contributed by atoms with Crippen LogP contribution < -0.4 is 10.6 Å². The van der Waals surface area contributed by atoms with Crippen molar-refractivity contribution in [1.82, 2.24) is 5.32 Å². The van der Waals surface area contributed by atoms with Gasteiger partial charge in [0.05, 0.1) is 17.6 Å². The third-order valence-electron chi connectivity index (χ3n) is 5.48. The van der Waals surface area contributed by atoms with E-state index in [0.717, 1.165) is 30.5 Å². The molecule has 1 aliphatic carbocycles. The van der Waals surface area contributed by atoms with Crippen molar-refractivity contribution in [3.63, 3.8) is 0 Å². The number of carbonyl (C=O) groups is 2. The van der Waals surface area contributed by atoms with Crippen LogP contribution in [0.4, 0.5) is 18.9 Å². The minimum atomic E-state index is -4.55. The summed E-state index contributed by atoms with van der Waals surface area (Å²) < 4.78 is 38.6. The summed E-state index contributed by atoms with van der Waals surface area (Å²) in [6.45, 7) is -0.679. The van der Waals surface area contributed by atoms with Gasteiger partial charge >= 0.3 is 6.18 Å². The molecule has 8 heteroatoms. The van der Waals surface area contributed by atoms with Gasteiger partial charge in [-0.1, -0.05) is 49.2 Å². The Hall–Kier alpha value is -2.87. The van der Waals surface area contributed by atoms with Crippen molar-refractivity contribution in [1.29, 1.82) is 0 Å². The smallest absolute Gasteiger partial charge is 0.394 e. The molecular weight excluding hydrogens is 397 g/mol. The highest BCUT2D eigenvalue weighted by atomic mass is 19.4. The predicted octanol–water partition coefficient (Wildman–Crippen LogP) is 3.63. The second kappa shape index (κ2) is 8.87. The van der Waals surface area contributed by atoms with Crippen LogP contribution in [0.2, 0.25) is 0 Å². The molecule has 0 saturated heterocycles. The fraction of sp³-hybridized carbons (Fsp3) is 0.364. The second-order valence-corrected chi connectivity index (χ2v) is 7.43. The molecule has 1 atom stereocenters. The van der Waals surface area contributed by atoms with E-state index in [1.54, 1.807) is 0 Å². The molecular formula is C22H23F3N2O3. The van der Waals surface area contributed by atoms with Crippen LogP contribution in [0.25, 0.3) is 0 Å². The molecule has 0 spiro atoms. The summed E-state index contributed by atoms with van der Waals surface area (Å²) in [5.41, 5.74) is -0.916. The van der Waals surface area contributed by atoms with Gasteiger partial charge in [-0.2, -0.15) is 13.2 Å². The number of aliphatic hydroxyl groups excluding tert-OH is 1. The Balaban J connectivity index is 1.74. The van der Waals surface area contributed by atoms with E-state index in [0.29, 0.717) is 12.8 Å². The molecule has 0 aromatic heterocycles. The molecule has 0 bridgehead atoms. The fourth-order valence-electron chi connectivity index (χ4n) is 3.88. The second-order valence-electron chi connectivity index (χ2n) is 7.43. The van der Waals surface area contributed by atoms with Crippen LogP contribution in [0.5, 0.6) is 0 Å². The average molecular weight is 420 g/mol. The van der Waals surface area contributed by atoms with E-state index in [-0.39, 0.29) is 11.6 Å². The van der Waals surface area contributed by atoms with Crippen LogP contribution in [-0.2, 0) is 21.2 Å². The van der Waals surface area contributed by atoms with E-state index in [1.807, 2.05) is 30.3 Å². The average Bonchev–Trinajstić information content (AvgIpc) is 3.23. The lowest BCUT2D eigenvalue weighted by Crippen LogP contribution is -2.52. The van der Waals surface area contributed by atoms with Crippen molar-refractivity contribution in [2.75, 3.05) is 11.9 Å². The lowest BCUT2D eigenvalue weighted by atomic mass is 9.78. The van der Waals surface area contributed by atoms with Gasteiger partial charge in [0.1, 0.15) is 6.04 Å². The molecule has 3 rings (SSSR count). The molecule has 2 amide bonds. The summed E-state index contributed by atoms with van der Waals surface area (Å²) in [5.74, 6) is -1.16. The summed E-state index contributed by atoms with van der Waals surface area (Å²) in [6.07, 6.45) is -1.58. The monoisotopic (exact) mass is 420 g/mol. The molecule has 1 fully saturated rings. The number of hydrogen-bond donors (Lipinski definition) is 3. The highest BCUT2D eigenvalue weighted by Gasteiger charge is 2.43. The molecule has 30 heavy (non-hydrogen) atoms. The molecule has 0 radical (unpaired) electrons. The standard InChI is InChI=1S/C22H23F3N2O3/c23-22(24,25)16-9-6-10-17(13-16)26-19(29)18(14-28)27-20(30)21(11-4-5-12-21)15-7-2-1-3-8-15/h1-3,6-10,13,18,28H,4-5,11-12,14H2,(H,26,29)(H,27,30)/t18-/m0/s1. The zero-order valence-corrected chi connectivity index (χ0v) is 16.2. The number of rotatable bonds is 6. The molecule has 0 heterocycles. The zero-order chi connectivity index (χ0) is 21.8. The highest BCUT2D eigenvalue weighted by Crippen LogP contribution is 2.41. The normalized spacial score (nSPS) is 16.7. The van der Waals surface area contributed by atoms with Crippen LogP contribution in [0, 0.1) is 0 Å². The third kappa shape index (κ3) is 4.64. The topological polar surface area (TPSA) is 78.4 Å². The molecule has 5 nitrogen and oxygen atoms in total. The number of carbonyl (C=O) groups excluding carboxylic acids is 2. The van der Waals surface area contributed by atoms with E-state index in [1.165, 1.54) is 12.1 Å². The van der Waals surface area contributed by atoms with Gasteiger partial charge in [0.2, 0.25) is 11.8 Å². The number of aliphatic hydroxyl groups is 1. The van der Waals surface area contributed by atoms with Crippen molar-refractivity contribution < 1.29 is 27.9 Å². The van der Waals surface area contributed by atoms with Crippen LogP contribution in [0.1, 0.15) is 36.8 Å². The molecule has 0 aliphatic heterocycles. The van der Waals surface area contributed by atoms with Crippen LogP contribution >= 0.6 is 0 Å². The lowest BCUT2D eigenvalue weighted by molar-refractivity contribution is -0.137. The SMILES string of the molecule is O=C(Nc1cccc(C(F)(F)F)c1)[C@H](CO)NC(=O)C1(c2ccccc2)CCCC1. The number of halogens is 3. The van der Waals surface area contributed by atoms with E-state index < -0.39 is 35.7 Å². The van der Waals surface area contributed by atoms with Gasteiger partial charge in [-0.15, -0.1) is 0 Å². The third-order valence-corrected chi connectivity index (χ3v) is 5.48. The molecule has 3 N–H and O–H groups in total. The van der Waals surface area contributed by atoms with Crippen LogP contribution in [0.15, 0.2) is 54.6 Å². The summed E-state index contributed by atoms with van der Waals surface area (Å²) >= 11 is 0. The fourth-order valence-corrected chi connectivity index (χ4v) is 3.88. The van der Waals surface area contributed by atoms with Crippen molar-refractivity contribution >= 4 is 17.5 Å². The van der Waals surface area contributed by atoms with Crippen molar-refractivity contribution in [2.24, 2.45) is 0 Å². The van der Waals surface area contributed by atoms with E-state index >= 15 is 0 Å². The van der Waals surface area contributed by atoms with Crippen molar-refractivity contribution in [3.8, 4) is 0 Å². The lowest BCUT2D eigenvalue weighted by Gasteiger charge is -2.30. The van der Waals surface area contributed by atoms with E-state index in [2.05, 4.69) is 10.6 Å². The first kappa shape index (κ1) is 21.8. The van der Waals surface area contributed by atoms with Gasteiger partial charge in [0, 0.05) is 5.69 Å². The minimum absolute atomic E-state index is 0.0684. The quantitative estimate of drug-likeness (QED) is 0.668. The Bertz CT molecular complexity index is 894. The molecule has 1 saturated carbocycles. The summed E-state index contributed by atoms with van der Waals surface area (Å²) in [5, 5.41) is 14.6. The maximum Gasteiger partial charge on any atom is 0.416 e. The molecule has 1 aliphatic rings. The molecule has 160 valence electrons. The summed E-state index contributed by atoms with van der Waals surface area (Å²) in [7, 11) is 0. The Morgan fingerprint density at radius 1 is 1.03 bits per heavy atom. The van der Waals surface area contributed by atoms with Crippen molar-refractivity contribution in [2.45, 2.75) is 43.3 Å². The number of benzene rings is 2. The van der Waals surface area contributed by atoms with Gasteiger partial charge in [0.25, 0.3) is 0 Å². The molecule has 0 unspecified atom stereocenters. The zero-order valence-electron chi connectivity index (χ0n) is 16.2. The molecule has 2 aromatic rings. The van der Waals surface area contributed by atoms with Gasteiger partial charge in [0.15, 0.2) is 0 Å². The van der Waals surface area contributed by atoms with Gasteiger partial charge < -0.3 is 15.7 Å². The number of anilines is 1. The Morgan fingerprint density at radius 3 is 2.30 bits per heavy atom. The number of amides is 2. The largest absolute Gasteiger partial charge is 0.416 e. The van der Waals surface area contributed by atoms with Gasteiger partial charge in [-0.05, 0) is 36.6 Å². The van der Waals surface area contributed by atoms with Crippen molar-refractivity contribution in [3.05, 3.63) is 65.7 Å².